The van der Waals surface area contributed by atoms with Crippen molar-refractivity contribution in [2.45, 2.75) is 25.8 Å². The zero-order valence-electron chi connectivity index (χ0n) is 10.7. The third-order valence-corrected chi connectivity index (χ3v) is 3.50. The third kappa shape index (κ3) is 2.61. The summed E-state index contributed by atoms with van der Waals surface area (Å²) >= 11 is 0. The average molecular weight is 253 g/mol. The van der Waals surface area contributed by atoms with Gasteiger partial charge in [-0.3, -0.25) is 4.57 Å². The van der Waals surface area contributed by atoms with Gasteiger partial charge in [-0.15, -0.1) is 0 Å². The Balaban J connectivity index is 2.08. The van der Waals surface area contributed by atoms with E-state index in [-0.39, 0.29) is 11.9 Å². The molecule has 1 aromatic rings. The minimum atomic E-state index is -0.450. The van der Waals surface area contributed by atoms with Crippen LogP contribution in [0.1, 0.15) is 19.8 Å². The van der Waals surface area contributed by atoms with E-state index in [1.165, 1.54) is 6.33 Å². The van der Waals surface area contributed by atoms with Crippen molar-refractivity contribution in [3.63, 3.8) is 0 Å². The van der Waals surface area contributed by atoms with Crippen molar-refractivity contribution in [2.24, 2.45) is 13.0 Å². The molecule has 0 aromatic carbocycles. The van der Waals surface area contributed by atoms with Crippen molar-refractivity contribution < 1.29 is 4.92 Å². The molecule has 1 aliphatic rings. The molecule has 2 heterocycles. The number of aromatic nitrogens is 2. The van der Waals surface area contributed by atoms with E-state index >= 15 is 0 Å². The van der Waals surface area contributed by atoms with Gasteiger partial charge in [0.25, 0.3) is 0 Å². The second kappa shape index (κ2) is 5.34. The van der Waals surface area contributed by atoms with Crippen LogP contribution < -0.4 is 10.6 Å². The molecule has 100 valence electrons. The highest BCUT2D eigenvalue weighted by molar-refractivity contribution is 5.52. The molecule has 1 fully saturated rings. The van der Waals surface area contributed by atoms with Gasteiger partial charge in [0, 0.05) is 13.1 Å². The largest absolute Gasteiger partial charge is 0.406 e. The third-order valence-electron chi connectivity index (χ3n) is 3.50. The van der Waals surface area contributed by atoms with Crippen molar-refractivity contribution in [1.82, 2.24) is 14.9 Å². The lowest BCUT2D eigenvalue weighted by Gasteiger charge is -2.29. The van der Waals surface area contributed by atoms with Gasteiger partial charge in [-0.2, -0.15) is 0 Å². The first-order valence-corrected chi connectivity index (χ1v) is 6.22. The van der Waals surface area contributed by atoms with Crippen LogP contribution in [0.15, 0.2) is 6.33 Å². The first kappa shape index (κ1) is 12.8. The summed E-state index contributed by atoms with van der Waals surface area (Å²) in [6.45, 7) is 4.09. The van der Waals surface area contributed by atoms with Crippen molar-refractivity contribution in [3.8, 4) is 0 Å². The second-order valence-electron chi connectivity index (χ2n) is 4.82. The normalized spacial score (nSPS) is 21.6. The lowest BCUT2D eigenvalue weighted by atomic mass is 9.93. The molecule has 7 heteroatoms. The molecular weight excluding hydrogens is 234 g/mol. The molecular formula is C11H19N5O2. The molecule has 2 atom stereocenters. The number of nitrogens with one attached hydrogen (secondary N) is 2. The monoisotopic (exact) mass is 253 g/mol. The number of aryl methyl sites for hydroxylation is 1. The van der Waals surface area contributed by atoms with Gasteiger partial charge < -0.3 is 20.7 Å². The molecule has 0 aliphatic carbocycles. The Morgan fingerprint density at radius 1 is 1.72 bits per heavy atom. The van der Waals surface area contributed by atoms with E-state index in [4.69, 9.17) is 0 Å². The van der Waals surface area contributed by atoms with Crippen molar-refractivity contribution in [2.75, 3.05) is 18.4 Å². The first-order valence-electron chi connectivity index (χ1n) is 6.22. The number of rotatable bonds is 4. The number of imidazole rings is 1. The maximum atomic E-state index is 10.9. The van der Waals surface area contributed by atoms with Crippen molar-refractivity contribution in [1.29, 1.82) is 0 Å². The predicted molar refractivity (Wildman–Crippen MR) is 68.5 cm³/mol. The summed E-state index contributed by atoms with van der Waals surface area (Å²) in [4.78, 5) is 14.2. The number of nitrogens with zero attached hydrogens (tertiary/aromatic N) is 3. The zero-order chi connectivity index (χ0) is 13.1. The molecule has 1 saturated heterocycles. The molecule has 18 heavy (non-hydrogen) atoms. The SMILES string of the molecule is CC(Nc1c([N+](=O)[O-])ncn1C)C1CCCNC1. The first-order chi connectivity index (χ1) is 8.59. The molecule has 1 aliphatic heterocycles. The Morgan fingerprint density at radius 2 is 2.50 bits per heavy atom. The smallest absolute Gasteiger partial charge is 0.362 e. The summed E-state index contributed by atoms with van der Waals surface area (Å²) < 4.78 is 1.66. The van der Waals surface area contributed by atoms with Crippen LogP contribution in [0.5, 0.6) is 0 Å². The van der Waals surface area contributed by atoms with Gasteiger partial charge in [0.05, 0.1) is 0 Å². The van der Waals surface area contributed by atoms with Gasteiger partial charge in [0.1, 0.15) is 0 Å². The lowest BCUT2D eigenvalue weighted by molar-refractivity contribution is -0.388. The van der Waals surface area contributed by atoms with Crippen LogP contribution in [-0.4, -0.2) is 33.6 Å². The van der Waals surface area contributed by atoms with Crippen LogP contribution in [0.25, 0.3) is 0 Å². The standard InChI is InChI=1S/C11H19N5O2/c1-8(9-4-3-5-12-6-9)14-11-10(16(17)18)13-7-15(11)2/h7-9,12,14H,3-6H2,1-2H3. The number of piperidine rings is 1. The van der Waals surface area contributed by atoms with E-state index in [9.17, 15) is 10.1 Å². The number of hydrogen-bond acceptors (Lipinski definition) is 5. The van der Waals surface area contributed by atoms with Gasteiger partial charge in [-0.25, -0.2) is 0 Å². The van der Waals surface area contributed by atoms with Gasteiger partial charge in [0.2, 0.25) is 12.1 Å². The molecule has 1 aromatic heterocycles. The number of anilines is 1. The molecule has 2 rings (SSSR count). The molecule has 0 saturated carbocycles. The van der Waals surface area contributed by atoms with Crippen molar-refractivity contribution >= 4 is 11.6 Å². The van der Waals surface area contributed by atoms with Gasteiger partial charge >= 0.3 is 5.82 Å². The van der Waals surface area contributed by atoms with E-state index in [1.807, 2.05) is 0 Å². The Bertz CT molecular complexity index is 425. The zero-order valence-corrected chi connectivity index (χ0v) is 10.7. The Kier molecular flexibility index (Phi) is 3.81. The second-order valence-corrected chi connectivity index (χ2v) is 4.82. The quantitative estimate of drug-likeness (QED) is 0.620. The minimum absolute atomic E-state index is 0.104. The lowest BCUT2D eigenvalue weighted by Crippen LogP contribution is -2.39. The van der Waals surface area contributed by atoms with Gasteiger partial charge in [-0.1, -0.05) is 0 Å². The van der Waals surface area contributed by atoms with E-state index in [2.05, 4.69) is 22.5 Å². The molecule has 2 N–H and O–H groups in total. The Labute approximate surface area is 106 Å². The van der Waals surface area contributed by atoms with E-state index in [1.54, 1.807) is 11.6 Å². The molecule has 2 unspecified atom stereocenters. The fraction of sp³-hybridized carbons (Fsp3) is 0.727. The van der Waals surface area contributed by atoms with Crippen LogP contribution >= 0.6 is 0 Å². The molecule has 7 nitrogen and oxygen atoms in total. The van der Waals surface area contributed by atoms with E-state index in [0.717, 1.165) is 25.9 Å². The van der Waals surface area contributed by atoms with Crippen LogP contribution in [0, 0.1) is 16.0 Å². The molecule has 0 spiro atoms. The Morgan fingerprint density at radius 3 is 3.11 bits per heavy atom. The minimum Gasteiger partial charge on any atom is -0.362 e. The van der Waals surface area contributed by atoms with Crippen LogP contribution in [0.3, 0.4) is 0 Å². The summed E-state index contributed by atoms with van der Waals surface area (Å²) in [5, 5.41) is 17.4. The number of hydrogen-bond donors (Lipinski definition) is 2. The van der Waals surface area contributed by atoms with Crippen LogP contribution in [0.2, 0.25) is 0 Å². The fourth-order valence-corrected chi connectivity index (χ4v) is 2.36. The maximum Gasteiger partial charge on any atom is 0.406 e. The maximum absolute atomic E-state index is 10.9. The highest BCUT2D eigenvalue weighted by Gasteiger charge is 2.25. The summed E-state index contributed by atoms with van der Waals surface area (Å²) in [5.74, 6) is 0.874. The topological polar surface area (TPSA) is 85.0 Å². The van der Waals surface area contributed by atoms with E-state index < -0.39 is 4.92 Å². The molecule has 0 bridgehead atoms. The van der Waals surface area contributed by atoms with E-state index in [0.29, 0.717) is 11.7 Å². The average Bonchev–Trinajstić information content (AvgIpc) is 2.72. The summed E-state index contributed by atoms with van der Waals surface area (Å²) in [7, 11) is 1.76. The highest BCUT2D eigenvalue weighted by atomic mass is 16.6. The van der Waals surface area contributed by atoms with Crippen LogP contribution in [-0.2, 0) is 7.05 Å². The summed E-state index contributed by atoms with van der Waals surface area (Å²) in [5.41, 5.74) is 0. The Hall–Kier alpha value is -1.63. The highest BCUT2D eigenvalue weighted by Crippen LogP contribution is 2.24. The predicted octanol–water partition coefficient (Wildman–Crippen LogP) is 1.13. The molecule has 0 radical (unpaired) electrons. The van der Waals surface area contributed by atoms with Crippen LogP contribution in [0.4, 0.5) is 11.6 Å². The number of nitro groups is 1. The van der Waals surface area contributed by atoms with Gasteiger partial charge in [-0.05, 0) is 48.7 Å². The summed E-state index contributed by atoms with van der Waals surface area (Å²) in [6.07, 6.45) is 3.77. The van der Waals surface area contributed by atoms with Gasteiger partial charge in [0.15, 0.2) is 0 Å². The van der Waals surface area contributed by atoms with Crippen molar-refractivity contribution in [3.05, 3.63) is 16.4 Å². The summed E-state index contributed by atoms with van der Waals surface area (Å²) in [6, 6.07) is 0.187. The fourth-order valence-electron chi connectivity index (χ4n) is 2.36. The molecule has 0 amide bonds.